The number of aliphatic hydroxyl groups excluding tert-OH is 1. The summed E-state index contributed by atoms with van der Waals surface area (Å²) in [7, 11) is -1.22. The molecule has 17 heteroatoms. The average Bonchev–Trinajstić information content (AvgIpc) is 3.12. The highest BCUT2D eigenvalue weighted by atomic mass is 32.2. The number of ether oxygens (including phenoxy) is 4. The van der Waals surface area contributed by atoms with Gasteiger partial charge in [0.2, 0.25) is 16.3 Å². The van der Waals surface area contributed by atoms with E-state index in [1.165, 1.54) is 50.6 Å². The van der Waals surface area contributed by atoms with E-state index in [1.54, 1.807) is 30.3 Å². The van der Waals surface area contributed by atoms with E-state index < -0.39 is 39.7 Å². The van der Waals surface area contributed by atoms with E-state index in [9.17, 15) is 33.2 Å². The van der Waals surface area contributed by atoms with Crippen LogP contribution >= 0.6 is 0 Å². The standard InChI is InChI=1S/C32H37N5O11S/c1-45-26-8-10-27(11-9-26)49(43,44)36(15-17-38)16-18-47-30-20-24(22-3-5-23(6-4-22)32(40)46-2)19-28(48-30)31(39)34-14-13-33-29-12-7-25(21-35-29)37(41)42/h3-12,19,21,24,30,38H,13-18,20H2,1-2H3,(H,33,35)(H,34,39)/t24-,30+/m1/s1. The molecule has 0 aliphatic carbocycles. The summed E-state index contributed by atoms with van der Waals surface area (Å²) in [6.07, 6.45) is 2.09. The molecule has 0 fully saturated rings. The molecule has 1 amide bonds. The molecule has 1 aliphatic heterocycles. The van der Waals surface area contributed by atoms with Crippen molar-refractivity contribution in [3.63, 3.8) is 0 Å². The van der Waals surface area contributed by atoms with Gasteiger partial charge in [-0.3, -0.25) is 14.9 Å². The van der Waals surface area contributed by atoms with Gasteiger partial charge in [0.1, 0.15) is 17.8 Å². The number of carbonyl (C=O) groups excluding carboxylic acids is 2. The highest BCUT2D eigenvalue weighted by Gasteiger charge is 2.30. The lowest BCUT2D eigenvalue weighted by atomic mass is 9.92. The molecule has 3 N–H and O–H groups in total. The van der Waals surface area contributed by atoms with Gasteiger partial charge in [0.15, 0.2) is 5.76 Å². The Labute approximate surface area is 282 Å². The Kier molecular flexibility index (Phi) is 13.0. The lowest BCUT2D eigenvalue weighted by molar-refractivity contribution is -0.385. The van der Waals surface area contributed by atoms with E-state index in [4.69, 9.17) is 18.9 Å². The largest absolute Gasteiger partial charge is 0.497 e. The van der Waals surface area contributed by atoms with Gasteiger partial charge < -0.3 is 34.7 Å². The second-order valence-electron chi connectivity index (χ2n) is 10.5. The molecule has 1 aromatic heterocycles. The highest BCUT2D eigenvalue weighted by Crippen LogP contribution is 2.32. The Balaban J connectivity index is 1.42. The third-order valence-electron chi connectivity index (χ3n) is 7.41. The van der Waals surface area contributed by atoms with Crippen LogP contribution in [0.4, 0.5) is 11.5 Å². The molecule has 1 aliphatic rings. The number of esters is 1. The number of methoxy groups -OCH3 is 2. The molecule has 3 aromatic rings. The molecule has 16 nitrogen and oxygen atoms in total. The summed E-state index contributed by atoms with van der Waals surface area (Å²) in [6, 6.07) is 15.3. The number of nitrogens with one attached hydrogen (secondary N) is 2. The highest BCUT2D eigenvalue weighted by molar-refractivity contribution is 7.89. The van der Waals surface area contributed by atoms with Gasteiger partial charge in [0.25, 0.3) is 11.6 Å². The number of allylic oxidation sites excluding steroid dienone is 1. The number of aliphatic hydroxyl groups is 1. The number of hydrogen-bond acceptors (Lipinski definition) is 13. The molecular weight excluding hydrogens is 662 g/mol. The molecule has 2 heterocycles. The lowest BCUT2D eigenvalue weighted by Crippen LogP contribution is -2.38. The predicted molar refractivity (Wildman–Crippen MR) is 175 cm³/mol. The van der Waals surface area contributed by atoms with Gasteiger partial charge >= 0.3 is 5.97 Å². The molecule has 4 rings (SSSR count). The third kappa shape index (κ3) is 9.96. The number of aromatic nitrogens is 1. The Hall–Kier alpha value is -5.10. The predicted octanol–water partition coefficient (Wildman–Crippen LogP) is 2.43. The van der Waals surface area contributed by atoms with E-state index in [2.05, 4.69) is 15.6 Å². The van der Waals surface area contributed by atoms with Gasteiger partial charge in [-0.2, -0.15) is 4.31 Å². The number of nitrogens with zero attached hydrogens (tertiary/aromatic N) is 3. The first-order chi connectivity index (χ1) is 23.5. The summed E-state index contributed by atoms with van der Waals surface area (Å²) in [5.41, 5.74) is 0.973. The van der Waals surface area contributed by atoms with Crippen LogP contribution in [0.1, 0.15) is 28.3 Å². The molecule has 0 unspecified atom stereocenters. The SMILES string of the molecule is COC(=O)c1ccc([C@@H]2C=C(C(=O)NCCNc3ccc([N+](=O)[O-])cn3)O[C@H](OCCN(CCO)S(=O)(=O)c3ccc(OC)cc3)C2)cc1. The molecule has 262 valence electrons. The number of hydrogen-bond donors (Lipinski definition) is 3. The Morgan fingerprint density at radius 3 is 2.41 bits per heavy atom. The Morgan fingerprint density at radius 1 is 1.06 bits per heavy atom. The maximum atomic E-state index is 13.3. The normalized spacial score (nSPS) is 15.9. The summed E-state index contributed by atoms with van der Waals surface area (Å²) in [5, 5.41) is 26.1. The van der Waals surface area contributed by atoms with Gasteiger partial charge in [0, 0.05) is 44.6 Å². The van der Waals surface area contributed by atoms with Crippen molar-refractivity contribution in [1.29, 1.82) is 0 Å². The van der Waals surface area contributed by atoms with Gasteiger partial charge in [-0.15, -0.1) is 0 Å². The number of sulfonamides is 1. The Morgan fingerprint density at radius 2 is 1.80 bits per heavy atom. The fourth-order valence-corrected chi connectivity index (χ4v) is 6.25. The van der Waals surface area contributed by atoms with Gasteiger partial charge in [0.05, 0.1) is 42.8 Å². The maximum Gasteiger partial charge on any atom is 0.337 e. The number of pyridine rings is 1. The number of rotatable bonds is 17. The lowest BCUT2D eigenvalue weighted by Gasteiger charge is -2.30. The van der Waals surface area contributed by atoms with Crippen LogP contribution in [0.2, 0.25) is 0 Å². The van der Waals surface area contributed by atoms with Gasteiger partial charge in [-0.05, 0) is 54.1 Å². The zero-order valence-electron chi connectivity index (χ0n) is 26.8. The van der Waals surface area contributed by atoms with E-state index in [0.717, 1.165) is 16.1 Å². The van der Waals surface area contributed by atoms with Crippen molar-refractivity contribution in [3.05, 3.63) is 99.9 Å². The number of anilines is 1. The zero-order valence-corrected chi connectivity index (χ0v) is 27.6. The molecular formula is C32H37N5O11S. The van der Waals surface area contributed by atoms with E-state index in [-0.39, 0.29) is 61.5 Å². The smallest absolute Gasteiger partial charge is 0.337 e. The summed E-state index contributed by atoms with van der Waals surface area (Å²) in [6.45, 7) is -0.403. The van der Waals surface area contributed by atoms with Crippen molar-refractivity contribution < 1.29 is 47.0 Å². The fourth-order valence-electron chi connectivity index (χ4n) is 4.83. The van der Waals surface area contributed by atoms with Crippen LogP contribution in [0.25, 0.3) is 0 Å². The maximum absolute atomic E-state index is 13.3. The molecule has 2 atom stereocenters. The summed E-state index contributed by atoms with van der Waals surface area (Å²) in [4.78, 5) is 39.4. The van der Waals surface area contributed by atoms with Crippen molar-refractivity contribution >= 4 is 33.4 Å². The minimum absolute atomic E-state index is 0.0203. The average molecular weight is 700 g/mol. The molecule has 0 bridgehead atoms. The molecule has 49 heavy (non-hydrogen) atoms. The van der Waals surface area contributed by atoms with Crippen LogP contribution in [-0.4, -0.2) is 99.5 Å². The van der Waals surface area contributed by atoms with Crippen LogP contribution in [0.3, 0.4) is 0 Å². The van der Waals surface area contributed by atoms with Crippen molar-refractivity contribution in [3.8, 4) is 5.75 Å². The quantitative estimate of drug-likeness (QED) is 0.0802. The molecule has 2 aromatic carbocycles. The third-order valence-corrected chi connectivity index (χ3v) is 9.32. The minimum Gasteiger partial charge on any atom is -0.497 e. The summed E-state index contributed by atoms with van der Waals surface area (Å²) >= 11 is 0. The summed E-state index contributed by atoms with van der Waals surface area (Å²) < 4.78 is 49.4. The number of benzene rings is 2. The van der Waals surface area contributed by atoms with Crippen LogP contribution in [-0.2, 0) is 29.0 Å². The Bertz CT molecular complexity index is 1720. The van der Waals surface area contributed by atoms with Crippen LogP contribution in [0.5, 0.6) is 5.75 Å². The first kappa shape index (κ1) is 36.7. The van der Waals surface area contributed by atoms with E-state index in [1.807, 2.05) is 0 Å². The van der Waals surface area contributed by atoms with Crippen molar-refractivity contribution in [2.45, 2.75) is 23.5 Å². The molecule has 0 spiro atoms. The van der Waals surface area contributed by atoms with Crippen molar-refractivity contribution in [2.24, 2.45) is 0 Å². The second-order valence-corrected chi connectivity index (χ2v) is 12.5. The zero-order chi connectivity index (χ0) is 35.4. The van der Waals surface area contributed by atoms with E-state index >= 15 is 0 Å². The van der Waals surface area contributed by atoms with Crippen LogP contribution in [0, 0.1) is 10.1 Å². The summed E-state index contributed by atoms with van der Waals surface area (Å²) in [5.74, 6) is -0.543. The number of nitro groups is 1. The first-order valence-corrected chi connectivity index (χ1v) is 16.6. The van der Waals surface area contributed by atoms with Gasteiger partial charge in [-0.1, -0.05) is 12.1 Å². The fraction of sp³-hybridized carbons (Fsp3) is 0.344. The van der Waals surface area contributed by atoms with Crippen molar-refractivity contribution in [1.82, 2.24) is 14.6 Å². The van der Waals surface area contributed by atoms with Crippen LogP contribution < -0.4 is 15.4 Å². The monoisotopic (exact) mass is 699 g/mol. The number of amides is 1. The molecule has 0 saturated carbocycles. The van der Waals surface area contributed by atoms with Crippen LogP contribution in [0.15, 0.2) is 83.6 Å². The molecule has 0 saturated heterocycles. The van der Waals surface area contributed by atoms with Crippen molar-refractivity contribution in [2.75, 3.05) is 58.9 Å². The topological polar surface area (TPSA) is 209 Å². The van der Waals surface area contributed by atoms with E-state index in [0.29, 0.717) is 17.1 Å². The van der Waals surface area contributed by atoms with Gasteiger partial charge in [-0.25, -0.2) is 18.2 Å². The first-order valence-electron chi connectivity index (χ1n) is 15.1. The minimum atomic E-state index is -3.98. The molecule has 0 radical (unpaired) electrons. The number of carbonyl (C=O) groups is 2. The second kappa shape index (κ2) is 17.3.